The fraction of sp³-hybridized carbons (Fsp3) is 0.308. The number of aromatic nitrogens is 2. The van der Waals surface area contributed by atoms with E-state index >= 15 is 0 Å². The molecule has 6 nitrogen and oxygen atoms in total. The number of rotatable bonds is 13. The van der Waals surface area contributed by atoms with Crippen LogP contribution in [0.2, 0.25) is 0 Å². The number of fused-ring (bicyclic) bond motifs is 1. The molecule has 0 aliphatic rings. The number of ketones is 1. The van der Waals surface area contributed by atoms with Crippen molar-refractivity contribution >= 4 is 34.3 Å². The van der Waals surface area contributed by atoms with E-state index in [2.05, 4.69) is 89.3 Å². The second-order valence-electron chi connectivity index (χ2n) is 13.0. The molecular weight excluding hydrogens is 558 g/mol. The maximum Gasteiger partial charge on any atom is 0.303 e. The third kappa shape index (κ3) is 7.07. The molecule has 2 aromatic heterocycles. The van der Waals surface area contributed by atoms with E-state index in [1.165, 1.54) is 11.1 Å². The van der Waals surface area contributed by atoms with Crippen molar-refractivity contribution in [3.8, 4) is 0 Å². The van der Waals surface area contributed by atoms with E-state index in [0.717, 1.165) is 41.1 Å². The molecule has 0 aliphatic carbocycles. The van der Waals surface area contributed by atoms with Crippen molar-refractivity contribution in [1.82, 2.24) is 13.9 Å². The molecule has 0 amide bonds. The van der Waals surface area contributed by atoms with Gasteiger partial charge in [0.15, 0.2) is 5.82 Å². The number of nitrogens with zero attached hydrogens (tertiary/aromatic N) is 3. The monoisotopic (exact) mass is 602 g/mol. The summed E-state index contributed by atoms with van der Waals surface area (Å²) < 4.78 is 2.22. The van der Waals surface area contributed by atoms with Gasteiger partial charge in [0, 0.05) is 54.6 Å². The molecule has 0 fully saturated rings. The molecule has 0 saturated heterocycles. The van der Waals surface area contributed by atoms with Crippen molar-refractivity contribution in [3.05, 3.63) is 125 Å². The van der Waals surface area contributed by atoms with Gasteiger partial charge in [0.05, 0.1) is 18.3 Å². The van der Waals surface area contributed by atoms with Crippen LogP contribution in [0.4, 0.5) is 17.1 Å². The summed E-state index contributed by atoms with van der Waals surface area (Å²) in [6.45, 7) is 8.93. The number of carbonyl (C=O) groups is 2. The quantitative estimate of drug-likeness (QED) is 0.108. The minimum absolute atomic E-state index is 0.0601. The molecule has 3 aromatic carbocycles. The molecule has 0 spiro atoms. The molecule has 1 N–H and O–H groups in total. The van der Waals surface area contributed by atoms with E-state index < -0.39 is 5.97 Å². The van der Waals surface area contributed by atoms with Gasteiger partial charge in [0.1, 0.15) is 17.1 Å². The highest BCUT2D eigenvalue weighted by atomic mass is 16.4. The van der Waals surface area contributed by atoms with Crippen LogP contribution in [0.3, 0.4) is 0 Å². The highest BCUT2D eigenvalue weighted by molar-refractivity contribution is 6.08. The van der Waals surface area contributed by atoms with Crippen LogP contribution in [0.5, 0.6) is 0 Å². The summed E-state index contributed by atoms with van der Waals surface area (Å²) in [6.07, 6.45) is 4.90. The van der Waals surface area contributed by atoms with Gasteiger partial charge in [-0.1, -0.05) is 70.2 Å². The van der Waals surface area contributed by atoms with E-state index in [0.29, 0.717) is 40.5 Å². The number of hydrogen-bond acceptors (Lipinski definition) is 3. The maximum absolute atomic E-state index is 14.1. The van der Waals surface area contributed by atoms with Crippen LogP contribution >= 0.6 is 0 Å². The van der Waals surface area contributed by atoms with Crippen molar-refractivity contribution in [2.45, 2.75) is 59.8 Å². The van der Waals surface area contributed by atoms with E-state index in [1.807, 2.05) is 47.0 Å². The zero-order valence-corrected chi connectivity index (χ0v) is 27.0. The third-order valence-corrected chi connectivity index (χ3v) is 8.45. The number of hydrogen-bond donors (Lipinski definition) is 1. The predicted molar refractivity (Wildman–Crippen MR) is 183 cm³/mol. The Hall–Kier alpha value is -4.55. The average Bonchev–Trinajstić information content (AvgIpc) is 3.39. The summed E-state index contributed by atoms with van der Waals surface area (Å²) in [5, 5.41) is 9.12. The number of aryl methyl sites for hydroxylation is 1. The van der Waals surface area contributed by atoms with E-state index in [-0.39, 0.29) is 12.2 Å². The molecule has 0 saturated carbocycles. The fourth-order valence-electron chi connectivity index (χ4n) is 6.16. The normalized spacial score (nSPS) is 11.9. The van der Waals surface area contributed by atoms with Gasteiger partial charge in [-0.3, -0.25) is 14.0 Å². The minimum atomic E-state index is -0.836. The second kappa shape index (κ2) is 13.6. The van der Waals surface area contributed by atoms with Crippen LogP contribution in [0.25, 0.3) is 5.52 Å². The van der Waals surface area contributed by atoms with Crippen molar-refractivity contribution < 1.29 is 14.7 Å². The van der Waals surface area contributed by atoms with Crippen LogP contribution in [0.15, 0.2) is 97.2 Å². The largest absolute Gasteiger partial charge is 0.481 e. The topological polar surface area (TPSA) is 71.7 Å². The van der Waals surface area contributed by atoms with Gasteiger partial charge in [-0.05, 0) is 60.8 Å². The highest BCUT2D eigenvalue weighted by Crippen LogP contribution is 2.42. The lowest BCUT2D eigenvalue weighted by molar-refractivity contribution is -0.137. The van der Waals surface area contributed by atoms with E-state index in [9.17, 15) is 9.59 Å². The molecule has 0 aliphatic heterocycles. The summed E-state index contributed by atoms with van der Waals surface area (Å²) in [5.74, 6) is 0.470. The number of carboxylic acids is 1. The number of imidazole rings is 1. The molecule has 5 aromatic rings. The Morgan fingerprint density at radius 1 is 0.778 bits per heavy atom. The molecule has 0 bridgehead atoms. The van der Waals surface area contributed by atoms with Gasteiger partial charge in [-0.2, -0.15) is 0 Å². The molecule has 2 heterocycles. The molecule has 5 rings (SSSR count). The Bertz CT molecular complexity index is 1730. The summed E-state index contributed by atoms with van der Waals surface area (Å²) in [7, 11) is 2.18. The Labute approximate surface area is 266 Å². The number of carboxylic acid groups (broad SMARTS) is 1. The van der Waals surface area contributed by atoms with Gasteiger partial charge < -0.3 is 5.11 Å². The lowest BCUT2D eigenvalue weighted by Gasteiger charge is -2.34. The van der Waals surface area contributed by atoms with Gasteiger partial charge in [-0.15, -0.1) is 0 Å². The number of quaternary nitrogens is 1. The molecular formula is C39H44N3O3+. The minimum Gasteiger partial charge on any atom is -0.481 e. The van der Waals surface area contributed by atoms with E-state index in [4.69, 9.17) is 10.1 Å². The lowest BCUT2D eigenvalue weighted by atomic mass is 10.00. The van der Waals surface area contributed by atoms with Crippen molar-refractivity contribution in [3.63, 3.8) is 0 Å². The molecule has 0 radical (unpaired) electrons. The predicted octanol–water partition coefficient (Wildman–Crippen LogP) is 8.97. The summed E-state index contributed by atoms with van der Waals surface area (Å²) >= 11 is 0. The van der Waals surface area contributed by atoms with Gasteiger partial charge in [-0.25, -0.2) is 9.47 Å². The first-order valence-electron chi connectivity index (χ1n) is 15.9. The molecule has 6 heteroatoms. The Balaban J connectivity index is 1.57. The summed E-state index contributed by atoms with van der Waals surface area (Å²) in [4.78, 5) is 30.0. The zero-order valence-electron chi connectivity index (χ0n) is 27.0. The van der Waals surface area contributed by atoms with Crippen LogP contribution in [-0.2, 0) is 24.1 Å². The molecule has 45 heavy (non-hydrogen) atoms. The Kier molecular flexibility index (Phi) is 9.64. The van der Waals surface area contributed by atoms with Crippen molar-refractivity contribution in [2.75, 3.05) is 7.05 Å². The highest BCUT2D eigenvalue weighted by Gasteiger charge is 2.32. The molecule has 232 valence electrons. The zero-order chi connectivity index (χ0) is 32.1. The van der Waals surface area contributed by atoms with Gasteiger partial charge in [0.2, 0.25) is 5.78 Å². The Morgan fingerprint density at radius 3 is 1.93 bits per heavy atom. The van der Waals surface area contributed by atoms with Crippen LogP contribution < -0.4 is 4.48 Å². The molecule has 0 atom stereocenters. The number of pyridine rings is 1. The maximum atomic E-state index is 14.1. The Morgan fingerprint density at radius 2 is 1.38 bits per heavy atom. The van der Waals surface area contributed by atoms with Gasteiger partial charge >= 0.3 is 5.97 Å². The van der Waals surface area contributed by atoms with E-state index in [1.54, 1.807) is 0 Å². The third-order valence-electron chi connectivity index (χ3n) is 8.45. The van der Waals surface area contributed by atoms with Crippen molar-refractivity contribution in [1.29, 1.82) is 0 Å². The first kappa shape index (κ1) is 31.9. The first-order chi connectivity index (χ1) is 21.6. The van der Waals surface area contributed by atoms with Crippen LogP contribution in [-0.4, -0.2) is 33.3 Å². The summed E-state index contributed by atoms with van der Waals surface area (Å²) in [5.41, 5.74) is 7.91. The second-order valence-corrected chi connectivity index (χ2v) is 13.0. The average molecular weight is 603 g/mol. The fourth-order valence-corrected chi connectivity index (χ4v) is 6.16. The van der Waals surface area contributed by atoms with Gasteiger partial charge in [0.25, 0.3) is 0 Å². The smallest absolute Gasteiger partial charge is 0.303 e. The summed E-state index contributed by atoms with van der Waals surface area (Å²) in [6, 6.07) is 31.3. The number of aliphatic carboxylic acids is 1. The molecule has 0 unspecified atom stereocenters. The standard InChI is InChI=1S/C39H43N3O3/c1-27(2)24-29-15-19-32(20-16-29)42(5,33-21-17-30(18-22-33)25-28(3)4)34-11-8-10-31(26-34)38(45)39-40-35(12-9-14-37(43)44)36-13-6-7-23-41(36)39/h6-8,10-11,13,15-23,26-28H,9,12,14,24-25H2,1-5H3/p+1. The number of carbonyl (C=O) groups excluding carboxylic acids is 1. The first-order valence-corrected chi connectivity index (χ1v) is 15.9. The lowest BCUT2D eigenvalue weighted by Crippen LogP contribution is -2.34. The van der Waals surface area contributed by atoms with Crippen LogP contribution in [0.1, 0.15) is 73.5 Å². The van der Waals surface area contributed by atoms with Crippen LogP contribution in [0, 0.1) is 11.8 Å². The van der Waals surface area contributed by atoms with Crippen molar-refractivity contribution in [2.24, 2.45) is 11.8 Å². The SMILES string of the molecule is CC(C)Cc1ccc([N+](C)(c2ccc(CC(C)C)cc2)c2cccc(C(=O)c3nc(CCCC(=O)O)c4ccccn34)c2)cc1. The number of benzene rings is 3.